The van der Waals surface area contributed by atoms with Crippen molar-refractivity contribution < 1.29 is 9.21 Å². The molecule has 2 atom stereocenters. The topological polar surface area (TPSA) is 81.1 Å². The quantitative estimate of drug-likeness (QED) is 0.874. The van der Waals surface area contributed by atoms with Crippen LogP contribution in [0.5, 0.6) is 0 Å². The van der Waals surface area contributed by atoms with Crippen molar-refractivity contribution in [1.82, 2.24) is 10.3 Å². The van der Waals surface area contributed by atoms with Crippen molar-refractivity contribution in [2.24, 2.45) is 17.6 Å². The third-order valence-corrected chi connectivity index (χ3v) is 4.65. The molecule has 0 bridgehead atoms. The molecule has 1 aliphatic carbocycles. The highest BCUT2D eigenvalue weighted by atomic mass is 16.3. The summed E-state index contributed by atoms with van der Waals surface area (Å²) in [6, 6.07) is 0.00386. The number of carbonyl (C=O) groups excluding carboxylic acids is 1. The van der Waals surface area contributed by atoms with E-state index in [-0.39, 0.29) is 23.9 Å². The van der Waals surface area contributed by atoms with Gasteiger partial charge in [-0.1, -0.05) is 27.2 Å². The maximum absolute atomic E-state index is 12.2. The average Bonchev–Trinajstić information content (AvgIpc) is 2.98. The predicted octanol–water partition coefficient (Wildman–Crippen LogP) is 3.03. The molecule has 1 fully saturated rings. The Balaban J connectivity index is 1.93. The molecule has 1 aliphatic rings. The highest BCUT2D eigenvalue weighted by molar-refractivity contribution is 5.92. The Morgan fingerprint density at radius 1 is 1.48 bits per heavy atom. The zero-order valence-corrected chi connectivity index (χ0v) is 13.3. The first-order chi connectivity index (χ1) is 10.0. The minimum atomic E-state index is -0.257. The predicted molar refractivity (Wildman–Crippen MR) is 81.8 cm³/mol. The molecule has 5 nitrogen and oxygen atoms in total. The fraction of sp³-hybridized carbons (Fsp3) is 0.750. The van der Waals surface area contributed by atoms with Crippen LogP contribution in [0.1, 0.15) is 75.3 Å². The fourth-order valence-corrected chi connectivity index (χ4v) is 2.71. The summed E-state index contributed by atoms with van der Waals surface area (Å²) < 4.78 is 5.38. The summed E-state index contributed by atoms with van der Waals surface area (Å²) in [5, 5.41) is 3.05. The number of hydrogen-bond acceptors (Lipinski definition) is 4. The van der Waals surface area contributed by atoms with Crippen LogP contribution in [-0.4, -0.2) is 16.9 Å². The van der Waals surface area contributed by atoms with Crippen molar-refractivity contribution >= 4 is 5.91 Å². The van der Waals surface area contributed by atoms with Gasteiger partial charge in [0.25, 0.3) is 5.91 Å². The molecule has 5 heteroatoms. The first kappa shape index (κ1) is 16.0. The molecule has 0 aromatic carbocycles. The van der Waals surface area contributed by atoms with Crippen LogP contribution < -0.4 is 11.1 Å². The van der Waals surface area contributed by atoms with E-state index in [1.54, 1.807) is 0 Å². The van der Waals surface area contributed by atoms with E-state index in [4.69, 9.17) is 10.2 Å². The van der Waals surface area contributed by atoms with Gasteiger partial charge in [-0.3, -0.25) is 4.79 Å². The van der Waals surface area contributed by atoms with Crippen LogP contribution >= 0.6 is 0 Å². The standard InChI is InChI=1S/C16H27N3O2/c1-4-11(3)14(17)16-19-13(9-21-16)15(20)18-12-7-5-10(2)6-8-12/h9-12,14H,4-8,17H2,1-3H3,(H,18,20). The van der Waals surface area contributed by atoms with Crippen LogP contribution in [0.2, 0.25) is 0 Å². The van der Waals surface area contributed by atoms with Crippen LogP contribution in [0, 0.1) is 11.8 Å². The van der Waals surface area contributed by atoms with Crippen LogP contribution in [0.4, 0.5) is 0 Å². The summed E-state index contributed by atoms with van der Waals surface area (Å²) >= 11 is 0. The number of nitrogens with two attached hydrogens (primary N) is 1. The Morgan fingerprint density at radius 3 is 2.76 bits per heavy atom. The number of amides is 1. The molecule has 2 unspecified atom stereocenters. The van der Waals surface area contributed by atoms with Crippen molar-refractivity contribution in [1.29, 1.82) is 0 Å². The molecule has 1 amide bonds. The number of oxazole rings is 1. The highest BCUT2D eigenvalue weighted by Gasteiger charge is 2.24. The largest absolute Gasteiger partial charge is 0.446 e. The lowest BCUT2D eigenvalue weighted by molar-refractivity contribution is 0.0918. The first-order valence-corrected chi connectivity index (χ1v) is 8.03. The van der Waals surface area contributed by atoms with E-state index in [9.17, 15) is 4.79 Å². The molecule has 1 aromatic rings. The summed E-state index contributed by atoms with van der Waals surface area (Å²) in [6.07, 6.45) is 6.81. The van der Waals surface area contributed by atoms with E-state index >= 15 is 0 Å². The van der Waals surface area contributed by atoms with E-state index in [0.717, 1.165) is 25.2 Å². The van der Waals surface area contributed by atoms with Gasteiger partial charge in [-0.15, -0.1) is 0 Å². The normalized spacial score (nSPS) is 25.3. The highest BCUT2D eigenvalue weighted by Crippen LogP contribution is 2.24. The van der Waals surface area contributed by atoms with Crippen molar-refractivity contribution in [2.75, 3.05) is 0 Å². The number of carbonyl (C=O) groups is 1. The molecule has 0 saturated heterocycles. The van der Waals surface area contributed by atoms with Gasteiger partial charge >= 0.3 is 0 Å². The van der Waals surface area contributed by atoms with Gasteiger partial charge in [0.2, 0.25) is 5.89 Å². The Kier molecular flexibility index (Phi) is 5.39. The van der Waals surface area contributed by atoms with Gasteiger partial charge in [0.05, 0.1) is 6.04 Å². The van der Waals surface area contributed by atoms with Crippen LogP contribution in [-0.2, 0) is 0 Å². The Bertz CT molecular complexity index is 464. The van der Waals surface area contributed by atoms with E-state index in [0.29, 0.717) is 11.6 Å². The molecule has 118 valence electrons. The Hall–Kier alpha value is -1.36. The van der Waals surface area contributed by atoms with E-state index in [1.807, 2.05) is 0 Å². The van der Waals surface area contributed by atoms with Gasteiger partial charge in [0.15, 0.2) is 5.69 Å². The van der Waals surface area contributed by atoms with Crippen molar-refractivity contribution in [2.45, 2.75) is 65.0 Å². The van der Waals surface area contributed by atoms with Gasteiger partial charge in [0.1, 0.15) is 6.26 Å². The summed E-state index contributed by atoms with van der Waals surface area (Å²) in [5.74, 6) is 1.34. The zero-order valence-electron chi connectivity index (χ0n) is 13.3. The second-order valence-corrected chi connectivity index (χ2v) is 6.41. The van der Waals surface area contributed by atoms with E-state index < -0.39 is 0 Å². The molecule has 21 heavy (non-hydrogen) atoms. The third-order valence-electron chi connectivity index (χ3n) is 4.65. The molecular weight excluding hydrogens is 266 g/mol. The lowest BCUT2D eigenvalue weighted by atomic mass is 9.87. The molecule has 1 heterocycles. The van der Waals surface area contributed by atoms with Crippen LogP contribution in [0.3, 0.4) is 0 Å². The minimum Gasteiger partial charge on any atom is -0.446 e. The summed E-state index contributed by atoms with van der Waals surface area (Å²) in [6.45, 7) is 6.39. The van der Waals surface area contributed by atoms with Crippen molar-refractivity contribution in [3.05, 3.63) is 17.8 Å². The summed E-state index contributed by atoms with van der Waals surface area (Å²) in [7, 11) is 0. The lowest BCUT2D eigenvalue weighted by Gasteiger charge is -2.26. The van der Waals surface area contributed by atoms with Gasteiger partial charge in [-0.2, -0.15) is 0 Å². The maximum atomic E-state index is 12.2. The second-order valence-electron chi connectivity index (χ2n) is 6.41. The van der Waals surface area contributed by atoms with Crippen molar-refractivity contribution in [3.8, 4) is 0 Å². The third kappa shape index (κ3) is 4.06. The van der Waals surface area contributed by atoms with Gasteiger partial charge in [0, 0.05) is 6.04 Å². The van der Waals surface area contributed by atoms with Crippen LogP contribution in [0.15, 0.2) is 10.7 Å². The first-order valence-electron chi connectivity index (χ1n) is 8.03. The number of nitrogens with zero attached hydrogens (tertiary/aromatic N) is 1. The molecule has 3 N–H and O–H groups in total. The zero-order chi connectivity index (χ0) is 15.4. The molecule has 1 aromatic heterocycles. The van der Waals surface area contributed by atoms with Gasteiger partial charge in [-0.05, 0) is 37.5 Å². The second kappa shape index (κ2) is 7.07. The Morgan fingerprint density at radius 2 is 2.14 bits per heavy atom. The monoisotopic (exact) mass is 293 g/mol. The molecule has 0 spiro atoms. The molecule has 0 aliphatic heterocycles. The maximum Gasteiger partial charge on any atom is 0.273 e. The minimum absolute atomic E-state index is 0.152. The van der Waals surface area contributed by atoms with Gasteiger partial charge < -0.3 is 15.5 Å². The molecule has 1 saturated carbocycles. The van der Waals surface area contributed by atoms with Crippen molar-refractivity contribution in [3.63, 3.8) is 0 Å². The number of aromatic nitrogens is 1. The lowest BCUT2D eigenvalue weighted by Crippen LogP contribution is -2.37. The van der Waals surface area contributed by atoms with E-state index in [2.05, 4.69) is 31.1 Å². The summed E-state index contributed by atoms with van der Waals surface area (Å²) in [5.41, 5.74) is 6.41. The number of nitrogens with one attached hydrogen (secondary N) is 1. The smallest absolute Gasteiger partial charge is 0.273 e. The molecular formula is C16H27N3O2. The Labute approximate surface area is 126 Å². The van der Waals surface area contributed by atoms with E-state index in [1.165, 1.54) is 19.1 Å². The number of hydrogen-bond donors (Lipinski definition) is 2. The molecule has 2 rings (SSSR count). The molecule has 0 radical (unpaired) electrons. The van der Waals surface area contributed by atoms with Gasteiger partial charge in [-0.25, -0.2) is 4.98 Å². The fourth-order valence-electron chi connectivity index (χ4n) is 2.71. The van der Waals surface area contributed by atoms with Crippen LogP contribution in [0.25, 0.3) is 0 Å². The summed E-state index contributed by atoms with van der Waals surface area (Å²) in [4.78, 5) is 16.5. The number of rotatable bonds is 5. The SMILES string of the molecule is CCC(C)C(N)c1nc(C(=O)NC2CCC(C)CC2)co1. The average molecular weight is 293 g/mol.